The van der Waals surface area contributed by atoms with Crippen LogP contribution in [0, 0.1) is 0 Å². The molecule has 1 aromatic heterocycles. The second-order valence-electron chi connectivity index (χ2n) is 3.86. The summed E-state index contributed by atoms with van der Waals surface area (Å²) in [5.41, 5.74) is 3.68. The predicted octanol–water partition coefficient (Wildman–Crippen LogP) is 3.78. The van der Waals surface area contributed by atoms with Gasteiger partial charge in [-0.05, 0) is 19.3 Å². The van der Waals surface area contributed by atoms with Crippen LogP contribution in [0.4, 0.5) is 0 Å². The molecule has 74 valence electrons. The van der Waals surface area contributed by atoms with Crippen LogP contribution in [0.3, 0.4) is 0 Å². The van der Waals surface area contributed by atoms with E-state index in [-0.39, 0.29) is 0 Å². The highest BCUT2D eigenvalue weighted by molar-refractivity contribution is 7.09. The molecule has 1 heterocycles. The number of nitrogens with zero attached hydrogens (tertiary/aromatic N) is 1. The van der Waals surface area contributed by atoms with Crippen LogP contribution in [0.1, 0.15) is 51.1 Å². The van der Waals surface area contributed by atoms with Gasteiger partial charge >= 0.3 is 0 Å². The first-order chi connectivity index (χ1) is 6.20. The summed E-state index contributed by atoms with van der Waals surface area (Å²) in [6.07, 6.45) is 3.88. The molecular weight excluding hydrogens is 178 g/mol. The molecule has 1 nitrogen and oxygen atoms in total. The smallest absolute Gasteiger partial charge is 0.0797 e. The number of hydrogen-bond donors (Lipinski definition) is 0. The van der Waals surface area contributed by atoms with Crippen molar-refractivity contribution < 1.29 is 0 Å². The highest BCUT2D eigenvalue weighted by Gasteiger charge is 2.29. The minimum Gasteiger partial charge on any atom is -0.249 e. The summed E-state index contributed by atoms with van der Waals surface area (Å²) in [6, 6.07) is 0. The molecule has 1 aliphatic rings. The number of fused-ring (bicyclic) bond motifs is 1. The molecule has 0 unspecified atom stereocenters. The lowest BCUT2D eigenvalue weighted by molar-refractivity contribution is 0.424. The van der Waals surface area contributed by atoms with E-state index in [2.05, 4.69) is 18.8 Å². The first kappa shape index (κ1) is 10.7. The van der Waals surface area contributed by atoms with Crippen molar-refractivity contribution in [2.45, 2.75) is 52.4 Å². The second kappa shape index (κ2) is 4.23. The summed E-state index contributed by atoms with van der Waals surface area (Å²) in [5.74, 6) is 0. The van der Waals surface area contributed by atoms with Gasteiger partial charge in [0.15, 0.2) is 0 Å². The van der Waals surface area contributed by atoms with E-state index in [4.69, 9.17) is 0 Å². The normalized spacial score (nSPS) is 18.5. The van der Waals surface area contributed by atoms with Crippen molar-refractivity contribution in [3.63, 3.8) is 0 Å². The van der Waals surface area contributed by atoms with Crippen molar-refractivity contribution in [2.75, 3.05) is 0 Å². The van der Waals surface area contributed by atoms with Crippen molar-refractivity contribution in [1.29, 1.82) is 0 Å². The third kappa shape index (κ3) is 2.11. The summed E-state index contributed by atoms with van der Waals surface area (Å²) < 4.78 is 0. The molecular formula is C11H19NS. The molecule has 0 spiro atoms. The van der Waals surface area contributed by atoms with Crippen LogP contribution in [0.25, 0.3) is 0 Å². The van der Waals surface area contributed by atoms with Crippen LogP contribution >= 0.6 is 11.3 Å². The van der Waals surface area contributed by atoms with E-state index in [9.17, 15) is 0 Å². The highest BCUT2D eigenvalue weighted by Crippen LogP contribution is 2.37. The topological polar surface area (TPSA) is 12.9 Å². The highest BCUT2D eigenvalue weighted by atomic mass is 32.1. The Morgan fingerprint density at radius 1 is 1.38 bits per heavy atom. The van der Waals surface area contributed by atoms with E-state index in [1.807, 2.05) is 30.7 Å². The van der Waals surface area contributed by atoms with E-state index in [1.165, 1.54) is 29.8 Å². The Balaban J connectivity index is 0.000000396. The van der Waals surface area contributed by atoms with E-state index in [0.29, 0.717) is 5.41 Å². The average molecular weight is 197 g/mol. The van der Waals surface area contributed by atoms with E-state index in [1.54, 1.807) is 0 Å². The molecule has 0 aliphatic heterocycles. The molecule has 0 amide bonds. The zero-order valence-corrected chi connectivity index (χ0v) is 9.87. The Morgan fingerprint density at radius 2 is 2.08 bits per heavy atom. The molecule has 0 atom stereocenters. The molecule has 0 saturated carbocycles. The summed E-state index contributed by atoms with van der Waals surface area (Å²) in [4.78, 5) is 5.94. The molecule has 1 aliphatic carbocycles. The number of thiazole rings is 1. The molecule has 2 heteroatoms. The summed E-state index contributed by atoms with van der Waals surface area (Å²) in [5, 5.41) is 0. The monoisotopic (exact) mass is 197 g/mol. The third-order valence-electron chi connectivity index (χ3n) is 2.49. The quantitative estimate of drug-likeness (QED) is 0.616. The first-order valence-corrected chi connectivity index (χ1v) is 6.01. The lowest BCUT2D eigenvalue weighted by Gasteiger charge is -2.28. The molecule has 0 bridgehead atoms. The Kier molecular flexibility index (Phi) is 3.48. The SMILES string of the molecule is CC.CC1(C)CCCc2scnc21. The van der Waals surface area contributed by atoms with Gasteiger partial charge in [-0.1, -0.05) is 27.7 Å². The van der Waals surface area contributed by atoms with Gasteiger partial charge in [0.2, 0.25) is 0 Å². The van der Waals surface area contributed by atoms with Crippen molar-refractivity contribution in [1.82, 2.24) is 4.98 Å². The average Bonchev–Trinajstić information content (AvgIpc) is 2.56. The molecule has 0 saturated heterocycles. The molecule has 0 radical (unpaired) electrons. The van der Waals surface area contributed by atoms with Gasteiger partial charge < -0.3 is 0 Å². The fourth-order valence-electron chi connectivity index (χ4n) is 1.81. The third-order valence-corrected chi connectivity index (χ3v) is 3.38. The van der Waals surface area contributed by atoms with Gasteiger partial charge in [0, 0.05) is 10.3 Å². The minimum atomic E-state index is 0.341. The number of hydrogen-bond acceptors (Lipinski definition) is 2. The zero-order chi connectivity index (χ0) is 9.90. The largest absolute Gasteiger partial charge is 0.249 e. The lowest BCUT2D eigenvalue weighted by Crippen LogP contribution is -2.23. The van der Waals surface area contributed by atoms with Crippen LogP contribution in [0.5, 0.6) is 0 Å². The van der Waals surface area contributed by atoms with Crippen LogP contribution in [0.15, 0.2) is 5.51 Å². The zero-order valence-electron chi connectivity index (χ0n) is 9.05. The Bertz CT molecular complexity index is 263. The Labute approximate surface area is 85.2 Å². The maximum absolute atomic E-state index is 4.43. The maximum Gasteiger partial charge on any atom is 0.0797 e. The first-order valence-electron chi connectivity index (χ1n) is 5.13. The van der Waals surface area contributed by atoms with E-state index in [0.717, 1.165) is 0 Å². The van der Waals surface area contributed by atoms with Gasteiger partial charge in [0.1, 0.15) is 0 Å². The Hall–Kier alpha value is -0.370. The Morgan fingerprint density at radius 3 is 2.69 bits per heavy atom. The van der Waals surface area contributed by atoms with E-state index < -0.39 is 0 Å². The number of aromatic nitrogens is 1. The van der Waals surface area contributed by atoms with Gasteiger partial charge in [-0.25, -0.2) is 4.98 Å². The molecule has 13 heavy (non-hydrogen) atoms. The van der Waals surface area contributed by atoms with Crippen molar-refractivity contribution >= 4 is 11.3 Å². The van der Waals surface area contributed by atoms with E-state index >= 15 is 0 Å². The molecule has 0 N–H and O–H groups in total. The molecule has 2 rings (SSSR count). The summed E-state index contributed by atoms with van der Waals surface area (Å²) in [6.45, 7) is 8.59. The molecule has 0 aromatic carbocycles. The fraction of sp³-hybridized carbons (Fsp3) is 0.727. The second-order valence-corrected chi connectivity index (χ2v) is 4.80. The van der Waals surface area contributed by atoms with Gasteiger partial charge in [-0.3, -0.25) is 0 Å². The van der Waals surface area contributed by atoms with Gasteiger partial charge in [0.05, 0.1) is 11.2 Å². The predicted molar refractivity (Wildman–Crippen MR) is 59.4 cm³/mol. The van der Waals surface area contributed by atoms with Gasteiger partial charge in [-0.2, -0.15) is 0 Å². The lowest BCUT2D eigenvalue weighted by atomic mass is 9.79. The van der Waals surface area contributed by atoms with Crippen molar-refractivity contribution in [3.8, 4) is 0 Å². The van der Waals surface area contributed by atoms with Crippen molar-refractivity contribution in [2.24, 2.45) is 0 Å². The minimum absolute atomic E-state index is 0.341. The number of aryl methyl sites for hydroxylation is 1. The van der Waals surface area contributed by atoms with Gasteiger partial charge in [0.25, 0.3) is 0 Å². The fourth-order valence-corrected chi connectivity index (χ4v) is 2.80. The van der Waals surface area contributed by atoms with Gasteiger partial charge in [-0.15, -0.1) is 11.3 Å². The number of rotatable bonds is 0. The van der Waals surface area contributed by atoms with Crippen molar-refractivity contribution in [3.05, 3.63) is 16.1 Å². The molecule has 0 fully saturated rings. The standard InChI is InChI=1S/C9H13NS.C2H6/c1-9(2)5-3-4-7-8(9)10-6-11-7;1-2/h6H,3-5H2,1-2H3;1-2H3. The van der Waals surface area contributed by atoms with Crippen LogP contribution in [-0.4, -0.2) is 4.98 Å². The summed E-state index contributed by atoms with van der Waals surface area (Å²) in [7, 11) is 0. The van der Waals surface area contributed by atoms with Crippen LogP contribution in [-0.2, 0) is 11.8 Å². The van der Waals surface area contributed by atoms with Crippen LogP contribution in [0.2, 0.25) is 0 Å². The van der Waals surface area contributed by atoms with Crippen LogP contribution < -0.4 is 0 Å². The summed E-state index contributed by atoms with van der Waals surface area (Å²) >= 11 is 1.82. The maximum atomic E-state index is 4.43. The molecule has 1 aromatic rings.